The zero-order valence-corrected chi connectivity index (χ0v) is 13.9. The van der Waals surface area contributed by atoms with Gasteiger partial charge in [0.2, 0.25) is 0 Å². The molecule has 0 N–H and O–H groups in total. The molecule has 126 valence electrons. The van der Waals surface area contributed by atoms with E-state index in [-0.39, 0.29) is 34.8 Å². The minimum Gasteiger partial charge on any atom is -0.483 e. The van der Waals surface area contributed by atoms with Crippen LogP contribution in [0, 0.1) is 11.7 Å². The number of ketones is 1. The number of alkyl halides is 1. The van der Waals surface area contributed by atoms with E-state index in [4.69, 9.17) is 16.3 Å². The number of benzene rings is 1. The number of halogens is 2. The molecule has 1 aromatic carbocycles. The maximum Gasteiger partial charge on any atom is 0.289 e. The van der Waals surface area contributed by atoms with Gasteiger partial charge in [0.15, 0.2) is 11.5 Å². The van der Waals surface area contributed by atoms with Crippen LogP contribution in [-0.4, -0.2) is 35.1 Å². The third kappa shape index (κ3) is 2.25. The molecule has 6 heteroatoms. The molecule has 1 amide bonds. The number of hydrogen-bond donors (Lipinski definition) is 0. The van der Waals surface area contributed by atoms with Gasteiger partial charge in [-0.2, -0.15) is 0 Å². The van der Waals surface area contributed by atoms with Gasteiger partial charge in [-0.25, -0.2) is 4.39 Å². The van der Waals surface area contributed by atoms with Crippen molar-refractivity contribution in [3.8, 4) is 0 Å². The number of rotatable bonds is 1. The van der Waals surface area contributed by atoms with Gasteiger partial charge < -0.3 is 9.64 Å². The average Bonchev–Trinajstić information content (AvgIpc) is 2.81. The number of amides is 1. The number of Topliss-reactive ketones (excluding diaryl/α,β-unsaturated/α-hetero) is 1. The first-order valence-electron chi connectivity index (χ1n) is 8.09. The third-order valence-electron chi connectivity index (χ3n) is 5.18. The molecule has 4 rings (SSSR count). The van der Waals surface area contributed by atoms with Crippen LogP contribution in [0.1, 0.15) is 30.9 Å². The highest BCUT2D eigenvalue weighted by atomic mass is 35.5. The summed E-state index contributed by atoms with van der Waals surface area (Å²) in [5, 5.41) is -0.0524. The summed E-state index contributed by atoms with van der Waals surface area (Å²) >= 11 is 6.23. The van der Waals surface area contributed by atoms with Crippen molar-refractivity contribution in [1.82, 2.24) is 4.90 Å². The zero-order chi connectivity index (χ0) is 17.0. The van der Waals surface area contributed by atoms with Crippen molar-refractivity contribution in [3.63, 3.8) is 0 Å². The number of ether oxygens (including phenoxy) is 1. The highest BCUT2D eigenvalue weighted by Crippen LogP contribution is 2.46. The number of carbonyl (C=O) groups is 2. The third-order valence-corrected chi connectivity index (χ3v) is 5.58. The fraction of sp³-hybridized carbons (Fsp3) is 0.444. The van der Waals surface area contributed by atoms with Crippen LogP contribution in [0.4, 0.5) is 4.39 Å². The highest BCUT2D eigenvalue weighted by molar-refractivity contribution is 6.21. The minimum absolute atomic E-state index is 0.0524. The summed E-state index contributed by atoms with van der Waals surface area (Å²) in [7, 11) is 1.61. The molecule has 4 unspecified atom stereocenters. The lowest BCUT2D eigenvalue weighted by Gasteiger charge is -2.37. The van der Waals surface area contributed by atoms with E-state index in [9.17, 15) is 14.0 Å². The molecule has 0 aromatic heterocycles. The molecule has 3 aliphatic rings. The SMILES string of the molecule is CN1C(=O)C2=C(C(=O)C3CC(Cl)CCC3O2)C1c1cccc(F)c1. The summed E-state index contributed by atoms with van der Waals surface area (Å²) in [6, 6.07) is 5.39. The number of likely N-dealkylation sites (N-methyl/N-ethyl adjacent to an activating group) is 1. The molecule has 24 heavy (non-hydrogen) atoms. The van der Waals surface area contributed by atoms with Crippen molar-refractivity contribution in [2.45, 2.75) is 36.8 Å². The molecule has 0 spiro atoms. The van der Waals surface area contributed by atoms with Crippen LogP contribution in [0.15, 0.2) is 35.6 Å². The molecule has 1 aliphatic carbocycles. The van der Waals surface area contributed by atoms with E-state index >= 15 is 0 Å². The molecule has 0 radical (unpaired) electrons. The van der Waals surface area contributed by atoms with Gasteiger partial charge in [-0.05, 0) is 37.0 Å². The lowest BCUT2D eigenvalue weighted by atomic mass is 9.77. The first-order chi connectivity index (χ1) is 11.5. The first-order valence-corrected chi connectivity index (χ1v) is 8.52. The Hall–Kier alpha value is -1.88. The van der Waals surface area contributed by atoms with Gasteiger partial charge in [0, 0.05) is 12.4 Å². The lowest BCUT2D eigenvalue weighted by Crippen LogP contribution is -2.41. The monoisotopic (exact) mass is 349 g/mol. The summed E-state index contributed by atoms with van der Waals surface area (Å²) < 4.78 is 19.5. The van der Waals surface area contributed by atoms with E-state index in [1.165, 1.54) is 17.0 Å². The van der Waals surface area contributed by atoms with Crippen molar-refractivity contribution in [3.05, 3.63) is 47.0 Å². The Morgan fingerprint density at radius 1 is 1.29 bits per heavy atom. The average molecular weight is 350 g/mol. The van der Waals surface area contributed by atoms with E-state index < -0.39 is 11.9 Å². The smallest absolute Gasteiger partial charge is 0.289 e. The molecule has 0 saturated heterocycles. The summed E-state index contributed by atoms with van der Waals surface area (Å²) in [5.74, 6) is -0.998. The quantitative estimate of drug-likeness (QED) is 0.732. The Morgan fingerprint density at radius 3 is 2.83 bits per heavy atom. The fourth-order valence-corrected chi connectivity index (χ4v) is 4.32. The molecule has 4 nitrogen and oxygen atoms in total. The second-order valence-electron chi connectivity index (χ2n) is 6.65. The van der Waals surface area contributed by atoms with Crippen molar-refractivity contribution < 1.29 is 18.7 Å². The molecule has 2 aliphatic heterocycles. The van der Waals surface area contributed by atoms with E-state index in [1.54, 1.807) is 19.2 Å². The summed E-state index contributed by atoms with van der Waals surface area (Å²) in [6.07, 6.45) is 1.71. The van der Waals surface area contributed by atoms with Crippen molar-refractivity contribution >= 4 is 23.3 Å². The molecule has 0 bridgehead atoms. The Bertz CT molecular complexity index is 762. The Balaban J connectivity index is 1.78. The maximum absolute atomic E-state index is 13.6. The largest absolute Gasteiger partial charge is 0.483 e. The topological polar surface area (TPSA) is 46.6 Å². The predicted octanol–water partition coefficient (Wildman–Crippen LogP) is 2.97. The number of nitrogens with zero attached hydrogens (tertiary/aromatic N) is 1. The molecule has 2 heterocycles. The van der Waals surface area contributed by atoms with E-state index in [2.05, 4.69) is 0 Å². The normalized spacial score (nSPS) is 32.5. The molecule has 1 fully saturated rings. The summed E-state index contributed by atoms with van der Waals surface area (Å²) in [6.45, 7) is 0. The first kappa shape index (κ1) is 15.6. The summed E-state index contributed by atoms with van der Waals surface area (Å²) in [5.41, 5.74) is 0.921. The van der Waals surface area contributed by atoms with E-state index in [1.807, 2.05) is 0 Å². The van der Waals surface area contributed by atoms with E-state index in [0.717, 1.165) is 6.42 Å². The van der Waals surface area contributed by atoms with Gasteiger partial charge in [0.25, 0.3) is 5.91 Å². The summed E-state index contributed by atoms with van der Waals surface area (Å²) in [4.78, 5) is 27.1. The van der Waals surface area contributed by atoms with E-state index in [0.29, 0.717) is 24.0 Å². The van der Waals surface area contributed by atoms with Crippen LogP contribution >= 0.6 is 11.6 Å². The van der Waals surface area contributed by atoms with Crippen LogP contribution in [-0.2, 0) is 14.3 Å². The van der Waals surface area contributed by atoms with Crippen molar-refractivity contribution in [2.24, 2.45) is 5.92 Å². The van der Waals surface area contributed by atoms with Crippen LogP contribution in [0.2, 0.25) is 0 Å². The Labute approximate surface area is 144 Å². The molecular weight excluding hydrogens is 333 g/mol. The maximum atomic E-state index is 13.6. The van der Waals surface area contributed by atoms with Gasteiger partial charge in [0.05, 0.1) is 17.5 Å². The van der Waals surface area contributed by atoms with Crippen molar-refractivity contribution in [1.29, 1.82) is 0 Å². The highest BCUT2D eigenvalue weighted by Gasteiger charge is 2.51. The van der Waals surface area contributed by atoms with Crippen LogP contribution in [0.3, 0.4) is 0 Å². The van der Waals surface area contributed by atoms with Gasteiger partial charge in [0.1, 0.15) is 11.9 Å². The standard InChI is InChI=1S/C18H17ClFNO3/c1-21-15(9-3-2-4-11(20)7-9)14-16(22)12-8-10(19)5-6-13(12)24-17(14)18(21)23/h2-4,7,10,12-13,15H,5-6,8H2,1H3. The fourth-order valence-electron chi connectivity index (χ4n) is 4.00. The molecular formula is C18H17ClFNO3. The Morgan fingerprint density at radius 2 is 2.08 bits per heavy atom. The number of fused-ring (bicyclic) bond motifs is 1. The van der Waals surface area contributed by atoms with Crippen molar-refractivity contribution in [2.75, 3.05) is 7.05 Å². The second-order valence-corrected chi connectivity index (χ2v) is 7.27. The molecule has 1 aromatic rings. The van der Waals surface area contributed by atoms with Crippen LogP contribution in [0.25, 0.3) is 0 Å². The van der Waals surface area contributed by atoms with Gasteiger partial charge in [-0.1, -0.05) is 12.1 Å². The number of hydrogen-bond acceptors (Lipinski definition) is 3. The van der Waals surface area contributed by atoms with Crippen LogP contribution < -0.4 is 0 Å². The lowest BCUT2D eigenvalue weighted by molar-refractivity contribution is -0.134. The predicted molar refractivity (Wildman–Crippen MR) is 85.8 cm³/mol. The minimum atomic E-state index is -0.604. The van der Waals surface area contributed by atoms with Gasteiger partial charge in [-0.15, -0.1) is 11.6 Å². The number of carbonyl (C=O) groups excluding carboxylic acids is 2. The van der Waals surface area contributed by atoms with Crippen LogP contribution in [0.5, 0.6) is 0 Å². The second kappa shape index (κ2) is 5.59. The molecule has 4 atom stereocenters. The Kier molecular flexibility index (Phi) is 3.64. The van der Waals surface area contributed by atoms with Gasteiger partial charge >= 0.3 is 0 Å². The zero-order valence-electron chi connectivity index (χ0n) is 13.2. The molecule has 1 saturated carbocycles. The van der Waals surface area contributed by atoms with Gasteiger partial charge in [-0.3, -0.25) is 9.59 Å².